The summed E-state index contributed by atoms with van der Waals surface area (Å²) in [6, 6.07) is 44.5. The maximum atomic E-state index is 2.62. The quantitative estimate of drug-likeness (QED) is 0.167. The van der Waals surface area contributed by atoms with Gasteiger partial charge in [0.1, 0.15) is 0 Å². The molecule has 4 atom stereocenters. The van der Waals surface area contributed by atoms with Gasteiger partial charge < -0.3 is 18.9 Å². The third-order valence-corrected chi connectivity index (χ3v) is 14.8. The maximum absolute atomic E-state index is 2.62. The Balaban J connectivity index is 1.04. The molecule has 0 fully saturated rings. The molecule has 4 aliphatic carbocycles. The fourth-order valence-corrected chi connectivity index (χ4v) is 12.2. The molecule has 4 nitrogen and oxygen atoms in total. The fourth-order valence-electron chi connectivity index (χ4n) is 12.2. The summed E-state index contributed by atoms with van der Waals surface area (Å²) in [5.74, 6) is 1.27. The average Bonchev–Trinajstić information content (AvgIpc) is 3.90. The molecule has 0 saturated carbocycles. The number of hydrogen-bond acceptors (Lipinski definition) is 2. The lowest BCUT2D eigenvalue weighted by Crippen LogP contribution is -2.33. The van der Waals surface area contributed by atoms with E-state index < -0.39 is 0 Å². The van der Waals surface area contributed by atoms with E-state index in [1.54, 1.807) is 11.1 Å². The van der Waals surface area contributed by atoms with Crippen LogP contribution >= 0.6 is 0 Å². The van der Waals surface area contributed by atoms with Gasteiger partial charge >= 0.3 is 0 Å². The molecule has 60 heavy (non-hydrogen) atoms. The number of rotatable bonds is 6. The molecule has 0 bridgehead atoms. The van der Waals surface area contributed by atoms with E-state index in [0.717, 1.165) is 0 Å². The molecule has 2 heterocycles. The normalized spacial score (nSPS) is 22.0. The van der Waals surface area contributed by atoms with Crippen LogP contribution in [0.5, 0.6) is 0 Å². The predicted octanol–water partition coefficient (Wildman–Crippen LogP) is 14.0. The molecular formula is C56H54N4. The Morgan fingerprint density at radius 2 is 0.833 bits per heavy atom. The van der Waals surface area contributed by atoms with E-state index in [0.29, 0.717) is 23.7 Å². The van der Waals surface area contributed by atoms with Gasteiger partial charge in [-0.15, -0.1) is 0 Å². The van der Waals surface area contributed by atoms with Crippen LogP contribution in [0.3, 0.4) is 0 Å². The van der Waals surface area contributed by atoms with Crippen LogP contribution in [0.1, 0.15) is 75.6 Å². The standard InChI is InChI=1S/C56H54N4/c1-35-29-39(59(37-19-11-9-12-20-37)49-33-57(7)47-25-17-15-23-41(47)49)31-45-51(35)43-27-28-44-52-36(2)30-40(32-46(52)56(5,6)54(44)53(43)55(45,3)4)60(38-21-13-10-14-22-38)50-34-58(8)48-26-18-16-24-42(48)50/h9-34,45-46,51-52H,1-8H3. The largest absolute Gasteiger partial charge is 0.348 e. The molecular weight excluding hydrogens is 729 g/mol. The third kappa shape index (κ3) is 5.16. The third-order valence-electron chi connectivity index (χ3n) is 14.8. The van der Waals surface area contributed by atoms with Gasteiger partial charge in [-0.25, -0.2) is 0 Å². The second kappa shape index (κ2) is 13.1. The summed E-state index contributed by atoms with van der Waals surface area (Å²) in [4.78, 5) is 5.00. The summed E-state index contributed by atoms with van der Waals surface area (Å²) in [5.41, 5.74) is 18.6. The second-order valence-electron chi connectivity index (χ2n) is 19.0. The van der Waals surface area contributed by atoms with Crippen LogP contribution in [0.25, 0.3) is 21.8 Å². The highest BCUT2D eigenvalue weighted by Gasteiger charge is 2.55. The van der Waals surface area contributed by atoms with Crippen molar-refractivity contribution in [1.29, 1.82) is 0 Å². The molecule has 298 valence electrons. The Labute approximate surface area is 355 Å². The monoisotopic (exact) mass is 782 g/mol. The zero-order chi connectivity index (χ0) is 41.2. The minimum absolute atomic E-state index is 0.0960. The molecule has 11 rings (SSSR count). The van der Waals surface area contributed by atoms with Gasteiger partial charge in [0.2, 0.25) is 0 Å². The molecule has 0 radical (unpaired) electrons. The van der Waals surface area contributed by atoms with Gasteiger partial charge in [-0.1, -0.05) is 136 Å². The molecule has 0 N–H and O–H groups in total. The fraction of sp³-hybridized carbons (Fsp3) is 0.250. The van der Waals surface area contributed by atoms with Crippen molar-refractivity contribution in [2.24, 2.45) is 25.9 Å². The van der Waals surface area contributed by atoms with E-state index in [9.17, 15) is 0 Å². The van der Waals surface area contributed by atoms with Crippen molar-refractivity contribution in [3.8, 4) is 0 Å². The number of nitrogens with zero attached hydrogens (tertiary/aromatic N) is 4. The number of anilines is 4. The van der Waals surface area contributed by atoms with E-state index in [2.05, 4.69) is 233 Å². The number of para-hydroxylation sites is 4. The molecule has 0 aliphatic heterocycles. The van der Waals surface area contributed by atoms with Crippen LogP contribution in [0.15, 0.2) is 181 Å². The van der Waals surface area contributed by atoms with Crippen molar-refractivity contribution in [3.63, 3.8) is 0 Å². The number of benzene rings is 5. The number of aromatic nitrogens is 2. The first kappa shape index (κ1) is 36.8. The lowest BCUT2D eigenvalue weighted by Gasteiger charge is -2.38. The Morgan fingerprint density at radius 1 is 0.467 bits per heavy atom. The molecule has 2 aromatic heterocycles. The second-order valence-corrected chi connectivity index (χ2v) is 19.0. The zero-order valence-corrected chi connectivity index (χ0v) is 36.1. The maximum Gasteiger partial charge on any atom is 0.0716 e. The Bertz CT molecular complexity index is 2800. The van der Waals surface area contributed by atoms with Crippen LogP contribution in [-0.2, 0) is 24.9 Å². The molecule has 4 heteroatoms. The van der Waals surface area contributed by atoms with E-state index in [-0.39, 0.29) is 10.8 Å². The molecule has 0 spiro atoms. The zero-order valence-electron chi connectivity index (χ0n) is 36.1. The first-order valence-corrected chi connectivity index (χ1v) is 21.7. The van der Waals surface area contributed by atoms with Crippen molar-refractivity contribution in [2.75, 3.05) is 9.80 Å². The summed E-state index contributed by atoms with van der Waals surface area (Å²) >= 11 is 0. The SMILES string of the molecule is CC1=CC(N(c2ccccc2)c2cn(C)c3ccccc23)=CC2C1c1ccc3c(c1C2(C)C)C(C)(C)C1C=C(N(c2ccccc2)c2cn(C)c4ccccc24)C=C(C)C31. The smallest absolute Gasteiger partial charge is 0.0716 e. The highest BCUT2D eigenvalue weighted by molar-refractivity contribution is 5.98. The molecule has 0 saturated heterocycles. The number of fused-ring (bicyclic) bond motifs is 9. The molecule has 5 aromatic carbocycles. The van der Waals surface area contributed by atoms with E-state index in [1.807, 2.05) is 0 Å². The van der Waals surface area contributed by atoms with Gasteiger partial charge in [-0.3, -0.25) is 0 Å². The van der Waals surface area contributed by atoms with Crippen molar-refractivity contribution in [3.05, 3.63) is 203 Å². The van der Waals surface area contributed by atoms with Crippen molar-refractivity contribution in [1.82, 2.24) is 9.13 Å². The minimum Gasteiger partial charge on any atom is -0.348 e. The van der Waals surface area contributed by atoms with E-state index in [4.69, 9.17) is 0 Å². The van der Waals surface area contributed by atoms with E-state index in [1.165, 1.54) is 78.2 Å². The molecule has 4 unspecified atom stereocenters. The van der Waals surface area contributed by atoms with Gasteiger partial charge in [-0.05, 0) is 107 Å². The number of hydrogen-bond donors (Lipinski definition) is 0. The lowest BCUT2D eigenvalue weighted by atomic mass is 9.67. The van der Waals surface area contributed by atoms with Gasteiger partial charge in [-0.2, -0.15) is 0 Å². The molecule has 0 amide bonds. The molecule has 7 aromatic rings. The summed E-state index contributed by atoms with van der Waals surface area (Å²) in [5, 5.41) is 2.52. The molecule has 4 aliphatic rings. The Hall–Kier alpha value is -6.26. The summed E-state index contributed by atoms with van der Waals surface area (Å²) in [7, 11) is 4.33. The van der Waals surface area contributed by atoms with Gasteiger partial charge in [0, 0.05) is 82.9 Å². The van der Waals surface area contributed by atoms with Crippen molar-refractivity contribution >= 4 is 44.6 Å². The van der Waals surface area contributed by atoms with Crippen molar-refractivity contribution < 1.29 is 0 Å². The van der Waals surface area contributed by atoms with Crippen LogP contribution in [-0.4, -0.2) is 9.13 Å². The predicted molar refractivity (Wildman–Crippen MR) is 252 cm³/mol. The summed E-state index contributed by atoms with van der Waals surface area (Å²) in [6.07, 6.45) is 14.8. The first-order chi connectivity index (χ1) is 28.9. The Morgan fingerprint density at radius 3 is 1.23 bits per heavy atom. The highest BCUT2D eigenvalue weighted by atomic mass is 15.2. The first-order valence-electron chi connectivity index (χ1n) is 21.7. The number of aryl methyl sites for hydroxylation is 2. The average molecular weight is 783 g/mol. The van der Waals surface area contributed by atoms with E-state index >= 15 is 0 Å². The lowest BCUT2D eigenvalue weighted by molar-refractivity contribution is 0.359. The van der Waals surface area contributed by atoms with Crippen LogP contribution in [0, 0.1) is 11.8 Å². The Kier molecular flexibility index (Phi) is 8.04. The van der Waals surface area contributed by atoms with Gasteiger partial charge in [0.15, 0.2) is 0 Å². The van der Waals surface area contributed by atoms with Crippen molar-refractivity contribution in [2.45, 2.75) is 64.2 Å². The van der Waals surface area contributed by atoms with Crippen LogP contribution in [0.2, 0.25) is 0 Å². The van der Waals surface area contributed by atoms with Gasteiger partial charge in [0.25, 0.3) is 0 Å². The summed E-state index contributed by atoms with van der Waals surface area (Å²) < 4.78 is 4.53. The van der Waals surface area contributed by atoms with Crippen LogP contribution in [0.4, 0.5) is 22.7 Å². The van der Waals surface area contributed by atoms with Gasteiger partial charge in [0.05, 0.1) is 11.4 Å². The summed E-state index contributed by atoms with van der Waals surface area (Å²) in [6.45, 7) is 14.9. The number of allylic oxidation sites excluding steroid dienone is 6. The highest BCUT2D eigenvalue weighted by Crippen LogP contribution is 2.65. The topological polar surface area (TPSA) is 16.3 Å². The minimum atomic E-state index is -0.0960. The van der Waals surface area contributed by atoms with Crippen LogP contribution < -0.4 is 9.80 Å².